The van der Waals surface area contributed by atoms with Crippen LogP contribution in [0.2, 0.25) is 0 Å². The number of nitrogens with zero attached hydrogens (tertiary/aromatic N) is 3. The number of aryl methyl sites for hydroxylation is 3. The van der Waals surface area contributed by atoms with Crippen molar-refractivity contribution in [1.29, 1.82) is 0 Å². The number of unbranched alkanes of at least 4 members (excludes halogenated alkanes) is 9. The summed E-state index contributed by atoms with van der Waals surface area (Å²) in [5.41, 5.74) is 8.35. The Balaban J connectivity index is 0.000000217. The number of benzene rings is 3. The first-order chi connectivity index (χ1) is 32.5. The Bertz CT molecular complexity index is 2030. The van der Waals surface area contributed by atoms with E-state index >= 15 is 0 Å². The Morgan fingerprint density at radius 2 is 0.758 bits per heavy atom. The Labute approximate surface area is 400 Å². The molecule has 0 aliphatic rings. The summed E-state index contributed by atoms with van der Waals surface area (Å²) in [6, 6.07) is 44.3. The normalized spacial score (nSPS) is 11.6. The van der Waals surface area contributed by atoms with Crippen LogP contribution in [0.1, 0.15) is 163 Å². The standard InChI is InChI=1S/C21H29NO.C20H27NO.C19H25NO/c1-3-5-6-7-10-18-12-14-20(15-13-18)19(4-2)17-23-21-11-8-9-16-22-21;1-3-4-5-6-9-18-11-13-19(14-12-18)17(2)16-22-20-10-7-8-15-21-20;1-2-3-4-5-8-17-10-12-18(13-11-17)14-16-21-19-9-6-7-15-20-19/h8-9,11-16,19H,3-7,10,17H2,1-2H3;7-8,10-15,17H,3-6,9,16H2,1-2H3;6-7,9-13,15H,2-5,8,14,16H2,1H3. The zero-order valence-corrected chi connectivity index (χ0v) is 41.2. The number of pyridine rings is 3. The highest BCUT2D eigenvalue weighted by Crippen LogP contribution is 2.23. The van der Waals surface area contributed by atoms with E-state index in [1.54, 1.807) is 18.6 Å². The molecule has 0 N–H and O–H groups in total. The lowest BCUT2D eigenvalue weighted by atomic mass is 9.95. The highest BCUT2D eigenvalue weighted by molar-refractivity contribution is 5.27. The fourth-order valence-electron chi connectivity index (χ4n) is 7.62. The van der Waals surface area contributed by atoms with Crippen LogP contribution in [0.5, 0.6) is 17.6 Å². The lowest BCUT2D eigenvalue weighted by Crippen LogP contribution is -2.10. The highest BCUT2D eigenvalue weighted by Gasteiger charge is 2.11. The number of aromatic nitrogens is 3. The van der Waals surface area contributed by atoms with E-state index in [2.05, 4.69) is 122 Å². The van der Waals surface area contributed by atoms with Gasteiger partial charge in [0.05, 0.1) is 19.8 Å². The molecule has 3 aromatic carbocycles. The minimum Gasteiger partial charge on any atom is -0.477 e. The quantitative estimate of drug-likeness (QED) is 0.0457. The Hall–Kier alpha value is -5.49. The molecule has 3 aromatic heterocycles. The van der Waals surface area contributed by atoms with Crippen LogP contribution in [0.25, 0.3) is 0 Å². The molecule has 0 radical (unpaired) electrons. The van der Waals surface area contributed by atoms with Crippen LogP contribution >= 0.6 is 0 Å². The predicted molar refractivity (Wildman–Crippen MR) is 277 cm³/mol. The van der Waals surface area contributed by atoms with Gasteiger partial charge >= 0.3 is 0 Å². The van der Waals surface area contributed by atoms with E-state index in [0.29, 0.717) is 49.3 Å². The van der Waals surface area contributed by atoms with Crippen LogP contribution in [0.3, 0.4) is 0 Å². The molecule has 6 nitrogen and oxygen atoms in total. The second-order valence-electron chi connectivity index (χ2n) is 17.5. The van der Waals surface area contributed by atoms with Crippen molar-refractivity contribution in [3.05, 3.63) is 179 Å². The van der Waals surface area contributed by atoms with Gasteiger partial charge in [0.1, 0.15) is 0 Å². The van der Waals surface area contributed by atoms with Gasteiger partial charge in [0.2, 0.25) is 17.6 Å². The molecule has 0 saturated carbocycles. The Morgan fingerprint density at radius 3 is 1.15 bits per heavy atom. The maximum absolute atomic E-state index is 5.82. The van der Waals surface area contributed by atoms with Crippen molar-refractivity contribution in [2.24, 2.45) is 0 Å². The predicted octanol–water partition coefficient (Wildman–Crippen LogP) is 16.0. The van der Waals surface area contributed by atoms with Gasteiger partial charge in [-0.1, -0.05) is 183 Å². The second-order valence-corrected chi connectivity index (χ2v) is 17.5. The summed E-state index contributed by atoms with van der Waals surface area (Å²) >= 11 is 0. The molecule has 2 atom stereocenters. The molecule has 0 aliphatic heterocycles. The Kier molecular flexibility index (Phi) is 27.3. The topological polar surface area (TPSA) is 66.4 Å². The first-order valence-corrected chi connectivity index (χ1v) is 25.4. The van der Waals surface area contributed by atoms with Gasteiger partial charge in [-0.2, -0.15) is 0 Å². The van der Waals surface area contributed by atoms with Crippen molar-refractivity contribution in [3.8, 4) is 17.6 Å². The summed E-state index contributed by atoms with van der Waals surface area (Å²) in [4.78, 5) is 12.6. The SMILES string of the molecule is CCCCCCc1ccc(C(C)COc2ccccn2)cc1.CCCCCCc1ccc(C(CC)COc2ccccn2)cc1.CCCCCCc1ccc(CCOc2ccccn2)cc1. The average molecular weight is 892 g/mol. The third-order valence-corrected chi connectivity index (χ3v) is 11.9. The first-order valence-electron chi connectivity index (χ1n) is 25.4. The molecule has 0 bridgehead atoms. The van der Waals surface area contributed by atoms with Crippen LogP contribution in [0.15, 0.2) is 146 Å². The lowest BCUT2D eigenvalue weighted by Gasteiger charge is -2.16. The van der Waals surface area contributed by atoms with E-state index in [4.69, 9.17) is 14.2 Å². The number of ether oxygens (including phenoxy) is 3. The van der Waals surface area contributed by atoms with Crippen LogP contribution in [-0.2, 0) is 25.7 Å². The van der Waals surface area contributed by atoms with E-state index in [0.717, 1.165) is 12.8 Å². The molecule has 0 amide bonds. The number of hydrogen-bond donors (Lipinski definition) is 0. The van der Waals surface area contributed by atoms with Gasteiger partial charge < -0.3 is 14.2 Å². The zero-order valence-electron chi connectivity index (χ0n) is 41.2. The van der Waals surface area contributed by atoms with Crippen molar-refractivity contribution in [2.75, 3.05) is 19.8 Å². The van der Waals surface area contributed by atoms with E-state index in [9.17, 15) is 0 Å². The van der Waals surface area contributed by atoms with E-state index in [-0.39, 0.29) is 0 Å². The monoisotopic (exact) mass is 892 g/mol. The van der Waals surface area contributed by atoms with Crippen LogP contribution in [0.4, 0.5) is 0 Å². The third kappa shape index (κ3) is 22.6. The van der Waals surface area contributed by atoms with E-state index < -0.39 is 0 Å². The molecule has 0 fully saturated rings. The van der Waals surface area contributed by atoms with E-state index in [1.165, 1.54) is 130 Å². The minimum absolute atomic E-state index is 0.371. The third-order valence-electron chi connectivity index (χ3n) is 11.9. The molecular weight excluding hydrogens is 811 g/mol. The first kappa shape index (κ1) is 53.1. The van der Waals surface area contributed by atoms with E-state index in [1.807, 2.05) is 54.6 Å². The molecule has 3 heterocycles. The molecule has 0 saturated heterocycles. The maximum Gasteiger partial charge on any atom is 0.213 e. The van der Waals surface area contributed by atoms with Gasteiger partial charge in [0, 0.05) is 55.0 Å². The smallest absolute Gasteiger partial charge is 0.213 e. The minimum atomic E-state index is 0.371. The molecule has 66 heavy (non-hydrogen) atoms. The molecule has 2 unspecified atom stereocenters. The van der Waals surface area contributed by atoms with Gasteiger partial charge in [-0.05, 0) is 96.5 Å². The Morgan fingerprint density at radius 1 is 0.379 bits per heavy atom. The average Bonchev–Trinajstić information content (AvgIpc) is 3.37. The summed E-state index contributed by atoms with van der Waals surface area (Å²) in [6.07, 6.45) is 26.7. The van der Waals surface area contributed by atoms with Crippen LogP contribution in [0, 0.1) is 0 Å². The van der Waals surface area contributed by atoms with Gasteiger partial charge in [0.15, 0.2) is 0 Å². The van der Waals surface area contributed by atoms with Crippen LogP contribution in [-0.4, -0.2) is 34.8 Å². The lowest BCUT2D eigenvalue weighted by molar-refractivity contribution is 0.274. The zero-order chi connectivity index (χ0) is 46.7. The van der Waals surface area contributed by atoms with Crippen LogP contribution < -0.4 is 14.2 Å². The number of hydrogen-bond acceptors (Lipinski definition) is 6. The fourth-order valence-corrected chi connectivity index (χ4v) is 7.62. The fraction of sp³-hybridized carbons (Fsp3) is 0.450. The summed E-state index contributed by atoms with van der Waals surface area (Å²) in [6.45, 7) is 13.2. The summed E-state index contributed by atoms with van der Waals surface area (Å²) in [7, 11) is 0. The highest BCUT2D eigenvalue weighted by atomic mass is 16.5. The van der Waals surface area contributed by atoms with Crippen molar-refractivity contribution in [1.82, 2.24) is 15.0 Å². The van der Waals surface area contributed by atoms with Gasteiger partial charge in [-0.15, -0.1) is 0 Å². The molecule has 0 aliphatic carbocycles. The molecule has 6 rings (SSSR count). The van der Waals surface area contributed by atoms with Gasteiger partial charge in [0.25, 0.3) is 0 Å². The van der Waals surface area contributed by atoms with Gasteiger partial charge in [-0.25, -0.2) is 15.0 Å². The molecule has 0 spiro atoms. The largest absolute Gasteiger partial charge is 0.477 e. The molecule has 6 heteroatoms. The van der Waals surface area contributed by atoms with Crippen molar-refractivity contribution in [3.63, 3.8) is 0 Å². The second kappa shape index (κ2) is 33.9. The van der Waals surface area contributed by atoms with Gasteiger partial charge in [-0.3, -0.25) is 0 Å². The van der Waals surface area contributed by atoms with Crippen molar-refractivity contribution in [2.45, 2.75) is 156 Å². The molecule has 354 valence electrons. The summed E-state index contributed by atoms with van der Waals surface area (Å²) < 4.78 is 17.2. The summed E-state index contributed by atoms with van der Waals surface area (Å²) in [5, 5.41) is 0. The molecular formula is C60H81N3O3. The molecule has 6 aromatic rings. The van der Waals surface area contributed by atoms with Crippen molar-refractivity contribution >= 4 is 0 Å². The number of rotatable bonds is 28. The van der Waals surface area contributed by atoms with Crippen molar-refractivity contribution < 1.29 is 14.2 Å². The summed E-state index contributed by atoms with van der Waals surface area (Å²) in [5.74, 6) is 2.90. The maximum atomic E-state index is 5.82.